The molecule has 3 heterocycles. The summed E-state index contributed by atoms with van der Waals surface area (Å²) < 4.78 is 5.31. The molecule has 3 fully saturated rings. The number of anilines is 1. The molecule has 3 amide bonds. The molecule has 1 aliphatic carbocycles. The number of piperidine rings is 1. The van der Waals surface area contributed by atoms with Crippen molar-refractivity contribution in [1.82, 2.24) is 25.1 Å². The number of unbranched alkanes of at least 4 members (excludes halogenated alkanes) is 1. The van der Waals surface area contributed by atoms with Crippen molar-refractivity contribution in [3.63, 3.8) is 0 Å². The molecule has 1 saturated carbocycles. The number of aryl methyl sites for hydroxylation is 1. The van der Waals surface area contributed by atoms with Crippen LogP contribution in [0, 0.1) is 30.6 Å². The lowest BCUT2D eigenvalue weighted by Gasteiger charge is -2.36. The van der Waals surface area contributed by atoms with Gasteiger partial charge in [-0.2, -0.15) is 0 Å². The molecule has 4 atom stereocenters. The number of fused-ring (bicyclic) bond motifs is 1. The summed E-state index contributed by atoms with van der Waals surface area (Å²) in [6, 6.07) is 8.54. The number of nitrogens with zero attached hydrogens (tertiary/aromatic N) is 5. The summed E-state index contributed by atoms with van der Waals surface area (Å²) in [6.07, 6.45) is 1.38. The molecule has 3 aliphatic rings. The van der Waals surface area contributed by atoms with Crippen molar-refractivity contribution in [2.24, 2.45) is 23.7 Å². The Morgan fingerprint density at radius 2 is 1.64 bits per heavy atom. The van der Waals surface area contributed by atoms with Crippen LogP contribution in [0.5, 0.6) is 0 Å². The van der Waals surface area contributed by atoms with Crippen LogP contribution in [0.25, 0.3) is 11.4 Å². The second-order valence-electron chi connectivity index (χ2n) is 12.4. The highest BCUT2D eigenvalue weighted by molar-refractivity contribution is 5.97. The Kier molecular flexibility index (Phi) is 9.36. The first kappa shape index (κ1) is 31.2. The summed E-state index contributed by atoms with van der Waals surface area (Å²) in [5.41, 5.74) is 1.97. The van der Waals surface area contributed by atoms with E-state index in [1.807, 2.05) is 56.9 Å². The van der Waals surface area contributed by atoms with Gasteiger partial charge in [0.15, 0.2) is 5.82 Å². The maximum atomic E-state index is 13.7. The van der Waals surface area contributed by atoms with Gasteiger partial charge in [-0.25, -0.2) is 14.8 Å². The Labute approximate surface area is 257 Å². The Balaban J connectivity index is 1.30. The number of carbonyl (C=O) groups is 4. The van der Waals surface area contributed by atoms with Crippen molar-refractivity contribution in [3.05, 3.63) is 41.6 Å². The molecule has 12 heteroatoms. The number of carboxylic acids is 1. The third-order valence-electron chi connectivity index (χ3n) is 8.85. The number of piperazine rings is 1. The van der Waals surface area contributed by atoms with Crippen LogP contribution >= 0.6 is 0 Å². The van der Waals surface area contributed by atoms with Crippen LogP contribution in [0.1, 0.15) is 49.7 Å². The molecule has 2 saturated heterocycles. The number of hydrogen-bond donors (Lipinski definition) is 2. The molecule has 2 N–H and O–H groups in total. The van der Waals surface area contributed by atoms with Crippen molar-refractivity contribution < 1.29 is 29.0 Å². The minimum absolute atomic E-state index is 0.0733. The maximum Gasteiger partial charge on any atom is 0.409 e. The highest BCUT2D eigenvalue weighted by atomic mass is 16.6. The van der Waals surface area contributed by atoms with E-state index in [2.05, 4.69) is 10.3 Å². The van der Waals surface area contributed by atoms with E-state index in [1.165, 1.54) is 0 Å². The Morgan fingerprint density at radius 1 is 1.00 bits per heavy atom. The second kappa shape index (κ2) is 13.2. The van der Waals surface area contributed by atoms with Crippen molar-refractivity contribution in [1.29, 1.82) is 0 Å². The molecular formula is C32H42N6O6. The zero-order valence-corrected chi connectivity index (χ0v) is 25.9. The van der Waals surface area contributed by atoms with Gasteiger partial charge in [0.1, 0.15) is 17.6 Å². The number of aromatic nitrogens is 2. The van der Waals surface area contributed by atoms with E-state index in [4.69, 9.17) is 9.72 Å². The predicted octanol–water partition coefficient (Wildman–Crippen LogP) is 3.05. The number of nitrogens with one attached hydrogen (secondary N) is 1. The van der Waals surface area contributed by atoms with Crippen LogP contribution in [-0.2, 0) is 14.3 Å². The van der Waals surface area contributed by atoms with Crippen molar-refractivity contribution >= 4 is 29.7 Å². The van der Waals surface area contributed by atoms with Gasteiger partial charge in [-0.15, -0.1) is 0 Å². The Morgan fingerprint density at radius 3 is 2.23 bits per heavy atom. The zero-order chi connectivity index (χ0) is 31.5. The fourth-order valence-electron chi connectivity index (χ4n) is 6.05. The molecule has 0 radical (unpaired) electrons. The summed E-state index contributed by atoms with van der Waals surface area (Å²) >= 11 is 0. The minimum atomic E-state index is -0.789. The molecular weight excluding hydrogens is 564 g/mol. The topological polar surface area (TPSA) is 145 Å². The lowest BCUT2D eigenvalue weighted by atomic mass is 10.0. The van der Waals surface area contributed by atoms with Crippen LogP contribution < -0.4 is 10.2 Å². The van der Waals surface area contributed by atoms with E-state index < -0.39 is 17.9 Å². The van der Waals surface area contributed by atoms with E-state index in [0.717, 1.165) is 24.0 Å². The maximum absolute atomic E-state index is 13.7. The molecule has 5 rings (SSSR count). The summed E-state index contributed by atoms with van der Waals surface area (Å²) in [5, 5.41) is 12.4. The fraction of sp³-hybridized carbons (Fsp3) is 0.562. The highest BCUT2D eigenvalue weighted by Gasteiger charge is 2.60. The smallest absolute Gasteiger partial charge is 0.409 e. The van der Waals surface area contributed by atoms with Gasteiger partial charge in [0.05, 0.1) is 12.5 Å². The van der Waals surface area contributed by atoms with Gasteiger partial charge in [0, 0.05) is 50.9 Å². The average molecular weight is 607 g/mol. The van der Waals surface area contributed by atoms with E-state index >= 15 is 0 Å². The first-order chi connectivity index (χ1) is 21.1. The molecule has 0 bridgehead atoms. The fourth-order valence-corrected chi connectivity index (χ4v) is 6.05. The molecule has 1 aromatic heterocycles. The summed E-state index contributed by atoms with van der Waals surface area (Å²) in [7, 11) is 0. The van der Waals surface area contributed by atoms with E-state index in [1.54, 1.807) is 15.9 Å². The first-order valence-electron chi connectivity index (χ1n) is 15.5. The van der Waals surface area contributed by atoms with Gasteiger partial charge >= 0.3 is 12.1 Å². The largest absolute Gasteiger partial charge is 0.481 e. The summed E-state index contributed by atoms with van der Waals surface area (Å²) in [4.78, 5) is 65.8. The van der Waals surface area contributed by atoms with Crippen LogP contribution in [0.3, 0.4) is 0 Å². The Bertz CT molecular complexity index is 1380. The van der Waals surface area contributed by atoms with Crippen molar-refractivity contribution in [2.75, 3.05) is 50.8 Å². The second-order valence-corrected chi connectivity index (χ2v) is 12.4. The number of rotatable bonds is 10. The van der Waals surface area contributed by atoms with Gasteiger partial charge in [0.25, 0.3) is 5.91 Å². The molecule has 2 aliphatic heterocycles. The lowest BCUT2D eigenvalue weighted by molar-refractivity contribution is -0.139. The molecule has 0 spiro atoms. The van der Waals surface area contributed by atoms with Crippen LogP contribution in [0.15, 0.2) is 30.3 Å². The highest BCUT2D eigenvalue weighted by Crippen LogP contribution is 2.52. The molecule has 236 valence electrons. The van der Waals surface area contributed by atoms with Gasteiger partial charge in [0.2, 0.25) is 5.91 Å². The monoisotopic (exact) mass is 606 g/mol. The van der Waals surface area contributed by atoms with Gasteiger partial charge in [-0.05, 0) is 31.1 Å². The normalized spacial score (nSPS) is 21.6. The molecule has 44 heavy (non-hydrogen) atoms. The molecule has 2 aromatic rings. The third kappa shape index (κ3) is 6.79. The van der Waals surface area contributed by atoms with Crippen molar-refractivity contribution in [3.8, 4) is 11.4 Å². The zero-order valence-electron chi connectivity index (χ0n) is 25.9. The summed E-state index contributed by atoms with van der Waals surface area (Å²) in [6.45, 7) is 10.7. The number of aliphatic carboxylic acids is 1. The predicted molar refractivity (Wildman–Crippen MR) is 163 cm³/mol. The van der Waals surface area contributed by atoms with E-state index in [-0.39, 0.29) is 41.4 Å². The van der Waals surface area contributed by atoms with Gasteiger partial charge in [-0.3, -0.25) is 14.4 Å². The Hall–Kier alpha value is -4.22. The average Bonchev–Trinajstić information content (AvgIpc) is 3.53. The van der Waals surface area contributed by atoms with Crippen LogP contribution in [-0.4, -0.2) is 101 Å². The lowest BCUT2D eigenvalue weighted by Crippen LogP contribution is -2.57. The minimum Gasteiger partial charge on any atom is -0.481 e. The van der Waals surface area contributed by atoms with Gasteiger partial charge in [-0.1, -0.05) is 57.0 Å². The number of amides is 3. The number of benzene rings is 1. The van der Waals surface area contributed by atoms with E-state index in [0.29, 0.717) is 57.5 Å². The quantitative estimate of drug-likeness (QED) is 0.390. The first-order valence-corrected chi connectivity index (χ1v) is 15.5. The number of carboxylic acid groups (broad SMARTS) is 1. The number of ether oxygens (including phenoxy) is 1. The van der Waals surface area contributed by atoms with Crippen LogP contribution in [0.4, 0.5) is 10.6 Å². The summed E-state index contributed by atoms with van der Waals surface area (Å²) in [5.74, 6) is -0.879. The standard InChI is InChI=1S/C32H42N6O6/c1-5-6-15-44-32(43)37-13-11-36(12-14-37)30(40)27(19(2)3)35-29(39)24-16-25(38-17-22-23(18-38)26(22)31(41)42)34-28(33-24)21-9-7-20(4)8-10-21/h7-10,16,19,22-23,26-27H,5-6,11-15,17-18H2,1-4H3,(H,35,39)(H,41,42)/t22-,23+,26-,27-/m0/s1. The molecule has 12 nitrogen and oxygen atoms in total. The van der Waals surface area contributed by atoms with Crippen LogP contribution in [0.2, 0.25) is 0 Å². The number of carbonyl (C=O) groups excluding carboxylic acids is 3. The van der Waals surface area contributed by atoms with Gasteiger partial charge < -0.3 is 29.9 Å². The molecule has 0 unspecified atom stereocenters. The third-order valence-corrected chi connectivity index (χ3v) is 8.85. The molecule has 1 aromatic carbocycles. The van der Waals surface area contributed by atoms with E-state index in [9.17, 15) is 24.3 Å². The van der Waals surface area contributed by atoms with Crippen molar-refractivity contribution in [2.45, 2.75) is 46.6 Å². The number of hydrogen-bond acceptors (Lipinski definition) is 8. The SMILES string of the molecule is CCCCOC(=O)N1CCN(C(=O)[C@@H](NC(=O)c2cc(N3C[C@@H]4[C@H](C3)[C@@H]4C(=O)O)nc(-c3ccc(C)cc3)n2)C(C)C)CC1.